The summed E-state index contributed by atoms with van der Waals surface area (Å²) in [4.78, 5) is 16.1. The Hall–Kier alpha value is -2.58. The number of carbonyl (C=O) groups excluding carboxylic acids is 1. The molecule has 100 valence electrons. The monoisotopic (exact) mass is 286 g/mol. The van der Waals surface area contributed by atoms with Gasteiger partial charge < -0.3 is 11.1 Å². The molecule has 0 fully saturated rings. The van der Waals surface area contributed by atoms with E-state index < -0.39 is 0 Å². The molecule has 20 heavy (non-hydrogen) atoms. The number of hydrogen-bond donors (Lipinski definition) is 2. The lowest BCUT2D eigenvalue weighted by Gasteiger charge is -2.07. The van der Waals surface area contributed by atoms with Gasteiger partial charge in [-0.05, 0) is 37.3 Å². The maximum Gasteiger partial charge on any atom is 0.255 e. The van der Waals surface area contributed by atoms with Crippen LogP contribution in [0.3, 0.4) is 0 Å². The third-order valence-electron chi connectivity index (χ3n) is 2.58. The first-order chi connectivity index (χ1) is 9.49. The Morgan fingerprint density at radius 2 is 2.15 bits per heavy atom. The molecular formula is C14H11ClN4O. The Morgan fingerprint density at radius 1 is 1.40 bits per heavy atom. The second kappa shape index (κ2) is 5.59. The molecule has 1 aromatic heterocycles. The number of carbonyl (C=O) groups is 1. The number of nitrogens with zero attached hydrogens (tertiary/aromatic N) is 2. The summed E-state index contributed by atoms with van der Waals surface area (Å²) in [5, 5.41) is 11.8. The van der Waals surface area contributed by atoms with Crippen LogP contribution in [-0.4, -0.2) is 10.9 Å². The minimum atomic E-state index is -0.317. The summed E-state index contributed by atoms with van der Waals surface area (Å²) in [5.74, 6) is -0.0315. The van der Waals surface area contributed by atoms with E-state index in [1.54, 1.807) is 25.1 Å². The Balaban J connectivity index is 2.23. The smallest absolute Gasteiger partial charge is 0.255 e. The van der Waals surface area contributed by atoms with Crippen LogP contribution < -0.4 is 11.1 Å². The van der Waals surface area contributed by atoms with Crippen molar-refractivity contribution >= 4 is 29.0 Å². The molecule has 0 aliphatic carbocycles. The van der Waals surface area contributed by atoms with E-state index in [4.69, 9.17) is 22.6 Å². The summed E-state index contributed by atoms with van der Waals surface area (Å²) >= 11 is 5.91. The van der Waals surface area contributed by atoms with Crippen LogP contribution in [0.2, 0.25) is 5.02 Å². The van der Waals surface area contributed by atoms with Gasteiger partial charge in [0.1, 0.15) is 11.9 Å². The second-order valence-corrected chi connectivity index (χ2v) is 4.59. The lowest BCUT2D eigenvalue weighted by Crippen LogP contribution is -2.13. The van der Waals surface area contributed by atoms with Crippen LogP contribution in [0.4, 0.5) is 11.5 Å². The molecule has 0 bridgehead atoms. The Bertz CT molecular complexity index is 701. The normalized spacial score (nSPS) is 9.85. The Kier molecular flexibility index (Phi) is 3.87. The van der Waals surface area contributed by atoms with Gasteiger partial charge >= 0.3 is 0 Å². The summed E-state index contributed by atoms with van der Waals surface area (Å²) in [6.07, 6.45) is 0. The molecule has 0 saturated heterocycles. The number of aryl methyl sites for hydroxylation is 1. The molecule has 2 aromatic rings. The van der Waals surface area contributed by atoms with Crippen LogP contribution in [-0.2, 0) is 0 Å². The molecular weight excluding hydrogens is 276 g/mol. The quantitative estimate of drug-likeness (QED) is 0.888. The highest BCUT2D eigenvalue weighted by Crippen LogP contribution is 2.21. The molecule has 0 aliphatic rings. The molecule has 6 heteroatoms. The first-order valence-corrected chi connectivity index (χ1v) is 6.12. The predicted molar refractivity (Wildman–Crippen MR) is 77.5 cm³/mol. The zero-order valence-corrected chi connectivity index (χ0v) is 11.4. The van der Waals surface area contributed by atoms with Crippen LogP contribution in [0.1, 0.15) is 21.6 Å². The van der Waals surface area contributed by atoms with Gasteiger partial charge in [0.25, 0.3) is 5.91 Å². The van der Waals surface area contributed by atoms with Crippen LogP contribution in [0.15, 0.2) is 30.3 Å². The van der Waals surface area contributed by atoms with E-state index in [0.29, 0.717) is 22.5 Å². The number of amides is 1. The zero-order valence-electron chi connectivity index (χ0n) is 10.6. The minimum absolute atomic E-state index is 0.285. The summed E-state index contributed by atoms with van der Waals surface area (Å²) in [5.41, 5.74) is 7.54. The fourth-order valence-electron chi connectivity index (χ4n) is 1.71. The number of aromatic nitrogens is 1. The SMILES string of the molecule is Cc1cc(C(=O)Nc2ccc(C#N)c(Cl)c2)cc(N)n1. The zero-order chi connectivity index (χ0) is 14.7. The summed E-state index contributed by atoms with van der Waals surface area (Å²) in [6, 6.07) is 9.76. The van der Waals surface area contributed by atoms with Crippen LogP contribution in [0.5, 0.6) is 0 Å². The van der Waals surface area contributed by atoms with Gasteiger partial charge in [-0.25, -0.2) is 4.98 Å². The Morgan fingerprint density at radius 3 is 2.75 bits per heavy atom. The molecule has 2 rings (SSSR count). The number of halogens is 1. The van der Waals surface area contributed by atoms with Crippen molar-refractivity contribution in [1.29, 1.82) is 5.26 Å². The number of nitrogens with one attached hydrogen (secondary N) is 1. The Labute approximate surface area is 121 Å². The summed E-state index contributed by atoms with van der Waals surface area (Å²) in [7, 11) is 0. The van der Waals surface area contributed by atoms with E-state index in [0.717, 1.165) is 0 Å². The summed E-state index contributed by atoms with van der Waals surface area (Å²) in [6.45, 7) is 1.76. The predicted octanol–water partition coefficient (Wildman–Crippen LogP) is 2.75. The molecule has 0 spiro atoms. The van der Waals surface area contributed by atoms with Gasteiger partial charge in [-0.15, -0.1) is 0 Å². The number of benzene rings is 1. The van der Waals surface area contributed by atoms with E-state index >= 15 is 0 Å². The van der Waals surface area contributed by atoms with Crippen LogP contribution in [0.25, 0.3) is 0 Å². The van der Waals surface area contributed by atoms with Crippen molar-refractivity contribution in [2.45, 2.75) is 6.92 Å². The number of pyridine rings is 1. The van der Waals surface area contributed by atoms with Gasteiger partial charge in [0, 0.05) is 16.9 Å². The van der Waals surface area contributed by atoms with Crippen LogP contribution >= 0.6 is 11.6 Å². The standard InChI is InChI=1S/C14H11ClN4O/c1-8-4-10(5-13(17)18-8)14(20)19-11-3-2-9(7-16)12(15)6-11/h2-6H,1H3,(H2,17,18)(H,19,20). The molecule has 1 aromatic carbocycles. The van der Waals surface area contributed by atoms with Crippen molar-refractivity contribution in [2.24, 2.45) is 0 Å². The van der Waals surface area contributed by atoms with E-state index in [-0.39, 0.29) is 16.7 Å². The first kappa shape index (κ1) is 13.8. The highest BCUT2D eigenvalue weighted by Gasteiger charge is 2.09. The lowest BCUT2D eigenvalue weighted by molar-refractivity contribution is 0.102. The minimum Gasteiger partial charge on any atom is -0.384 e. The number of hydrogen-bond acceptors (Lipinski definition) is 4. The van der Waals surface area contributed by atoms with Crippen molar-refractivity contribution in [3.05, 3.63) is 52.2 Å². The molecule has 0 saturated carbocycles. The molecule has 5 nitrogen and oxygen atoms in total. The van der Waals surface area contributed by atoms with Gasteiger partial charge in [0.15, 0.2) is 0 Å². The second-order valence-electron chi connectivity index (χ2n) is 4.18. The van der Waals surface area contributed by atoms with E-state index in [1.165, 1.54) is 12.1 Å². The van der Waals surface area contributed by atoms with E-state index in [9.17, 15) is 4.79 Å². The molecule has 0 unspecified atom stereocenters. The average Bonchev–Trinajstić information content (AvgIpc) is 2.37. The van der Waals surface area contributed by atoms with Crippen molar-refractivity contribution in [2.75, 3.05) is 11.1 Å². The number of nitriles is 1. The van der Waals surface area contributed by atoms with Gasteiger partial charge in [0.05, 0.1) is 10.6 Å². The number of nitrogens with two attached hydrogens (primary N) is 1. The number of anilines is 2. The van der Waals surface area contributed by atoms with Crippen molar-refractivity contribution in [1.82, 2.24) is 4.98 Å². The fraction of sp³-hybridized carbons (Fsp3) is 0.0714. The number of rotatable bonds is 2. The first-order valence-electron chi connectivity index (χ1n) is 5.75. The van der Waals surface area contributed by atoms with Gasteiger partial charge in [-0.3, -0.25) is 4.79 Å². The van der Waals surface area contributed by atoms with Crippen molar-refractivity contribution in [3.8, 4) is 6.07 Å². The third-order valence-corrected chi connectivity index (χ3v) is 2.90. The average molecular weight is 287 g/mol. The summed E-state index contributed by atoms with van der Waals surface area (Å²) < 4.78 is 0. The van der Waals surface area contributed by atoms with Gasteiger partial charge in [-0.2, -0.15) is 5.26 Å². The molecule has 0 radical (unpaired) electrons. The molecule has 1 heterocycles. The molecule has 3 N–H and O–H groups in total. The van der Waals surface area contributed by atoms with E-state index in [2.05, 4.69) is 10.3 Å². The third kappa shape index (κ3) is 3.05. The van der Waals surface area contributed by atoms with Crippen molar-refractivity contribution in [3.63, 3.8) is 0 Å². The van der Waals surface area contributed by atoms with E-state index in [1.807, 2.05) is 6.07 Å². The molecule has 1 amide bonds. The highest BCUT2D eigenvalue weighted by atomic mass is 35.5. The lowest BCUT2D eigenvalue weighted by atomic mass is 10.2. The van der Waals surface area contributed by atoms with Gasteiger partial charge in [0.2, 0.25) is 0 Å². The largest absolute Gasteiger partial charge is 0.384 e. The maximum atomic E-state index is 12.1. The number of nitrogen functional groups attached to an aromatic ring is 1. The molecule has 0 aliphatic heterocycles. The topological polar surface area (TPSA) is 91.8 Å². The van der Waals surface area contributed by atoms with Gasteiger partial charge in [-0.1, -0.05) is 11.6 Å². The molecule has 0 atom stereocenters. The highest BCUT2D eigenvalue weighted by molar-refractivity contribution is 6.32. The van der Waals surface area contributed by atoms with Crippen molar-refractivity contribution < 1.29 is 4.79 Å². The fourth-order valence-corrected chi connectivity index (χ4v) is 1.93. The maximum absolute atomic E-state index is 12.1. The van der Waals surface area contributed by atoms with Crippen LogP contribution in [0, 0.1) is 18.3 Å².